The van der Waals surface area contributed by atoms with Gasteiger partial charge in [0.15, 0.2) is 0 Å². The van der Waals surface area contributed by atoms with Crippen LogP contribution >= 0.6 is 0 Å². The molecule has 1 aromatic rings. The molecule has 1 aromatic carbocycles. The number of likely N-dealkylation sites (tertiary alicyclic amines) is 1. The summed E-state index contributed by atoms with van der Waals surface area (Å²) in [6.07, 6.45) is 1.03. The largest absolute Gasteiger partial charge is 0.481 e. The fraction of sp³-hybridized carbons (Fsp3) is 0.562. The molecule has 0 aromatic heterocycles. The van der Waals surface area contributed by atoms with E-state index in [-0.39, 0.29) is 12.0 Å². The number of carbonyl (C=O) groups is 1. The van der Waals surface area contributed by atoms with E-state index in [0.29, 0.717) is 0 Å². The topological polar surface area (TPSA) is 60.8 Å². The van der Waals surface area contributed by atoms with Crippen molar-refractivity contribution in [3.05, 3.63) is 35.9 Å². The van der Waals surface area contributed by atoms with Gasteiger partial charge in [0, 0.05) is 18.5 Å². The lowest BCUT2D eigenvalue weighted by atomic mass is 9.78. The molecule has 1 aliphatic heterocycles. The van der Waals surface area contributed by atoms with Crippen LogP contribution < -0.4 is 0 Å². The van der Waals surface area contributed by atoms with Crippen molar-refractivity contribution in [2.24, 2.45) is 0 Å². The SMILES string of the molecule is CCC(=O)O.CN1CCC(O)(c2ccccc2)C1(C)C. The van der Waals surface area contributed by atoms with Crippen molar-refractivity contribution in [1.29, 1.82) is 0 Å². The number of rotatable bonds is 2. The second-order valence-corrected chi connectivity index (χ2v) is 5.70. The monoisotopic (exact) mass is 279 g/mol. The van der Waals surface area contributed by atoms with Gasteiger partial charge in [-0.2, -0.15) is 0 Å². The van der Waals surface area contributed by atoms with E-state index in [2.05, 4.69) is 25.8 Å². The lowest BCUT2D eigenvalue weighted by Crippen LogP contribution is -2.50. The van der Waals surface area contributed by atoms with Gasteiger partial charge in [0.1, 0.15) is 5.60 Å². The Balaban J connectivity index is 0.000000347. The fourth-order valence-electron chi connectivity index (χ4n) is 2.44. The Bertz CT molecular complexity index is 444. The van der Waals surface area contributed by atoms with Crippen molar-refractivity contribution in [1.82, 2.24) is 4.90 Å². The predicted octanol–water partition coefficient (Wildman–Crippen LogP) is 2.47. The maximum absolute atomic E-state index is 10.8. The molecule has 0 amide bonds. The molecule has 0 aliphatic carbocycles. The maximum Gasteiger partial charge on any atom is 0.303 e. The van der Waals surface area contributed by atoms with Gasteiger partial charge in [-0.25, -0.2) is 0 Å². The molecule has 2 N–H and O–H groups in total. The van der Waals surface area contributed by atoms with Gasteiger partial charge in [0.2, 0.25) is 0 Å². The summed E-state index contributed by atoms with van der Waals surface area (Å²) in [6, 6.07) is 9.99. The predicted molar refractivity (Wildman–Crippen MR) is 79.6 cm³/mol. The van der Waals surface area contributed by atoms with Gasteiger partial charge in [-0.1, -0.05) is 37.3 Å². The van der Waals surface area contributed by atoms with Gasteiger partial charge in [-0.05, 0) is 32.9 Å². The van der Waals surface area contributed by atoms with Gasteiger partial charge >= 0.3 is 5.97 Å². The van der Waals surface area contributed by atoms with Gasteiger partial charge < -0.3 is 10.2 Å². The Kier molecular flexibility index (Phi) is 5.31. The molecule has 4 heteroatoms. The highest BCUT2D eigenvalue weighted by atomic mass is 16.4. The Labute approximate surface area is 121 Å². The molecule has 1 heterocycles. The average Bonchev–Trinajstić information content (AvgIpc) is 2.65. The first-order chi connectivity index (χ1) is 9.25. The second kappa shape index (κ2) is 6.37. The molecular weight excluding hydrogens is 254 g/mol. The van der Waals surface area contributed by atoms with Crippen molar-refractivity contribution in [3.63, 3.8) is 0 Å². The molecule has 1 aliphatic rings. The highest BCUT2D eigenvalue weighted by molar-refractivity contribution is 5.66. The normalized spacial score (nSPS) is 24.9. The van der Waals surface area contributed by atoms with E-state index < -0.39 is 11.6 Å². The maximum atomic E-state index is 10.8. The first-order valence-corrected chi connectivity index (χ1v) is 6.96. The van der Waals surface area contributed by atoms with Gasteiger partial charge in [-0.15, -0.1) is 0 Å². The van der Waals surface area contributed by atoms with Gasteiger partial charge in [0.25, 0.3) is 0 Å². The van der Waals surface area contributed by atoms with Crippen LogP contribution in [-0.4, -0.2) is 40.2 Å². The Morgan fingerprint density at radius 2 is 1.80 bits per heavy atom. The summed E-state index contributed by atoms with van der Waals surface area (Å²) in [7, 11) is 2.07. The minimum Gasteiger partial charge on any atom is -0.481 e. The summed E-state index contributed by atoms with van der Waals surface area (Å²) < 4.78 is 0. The third-order valence-corrected chi connectivity index (χ3v) is 4.33. The summed E-state index contributed by atoms with van der Waals surface area (Å²) in [5.41, 5.74) is 0.108. The van der Waals surface area contributed by atoms with Crippen LogP contribution in [0.25, 0.3) is 0 Å². The second-order valence-electron chi connectivity index (χ2n) is 5.70. The van der Waals surface area contributed by atoms with Crippen molar-refractivity contribution in [2.45, 2.75) is 44.8 Å². The van der Waals surface area contributed by atoms with E-state index in [0.717, 1.165) is 18.5 Å². The summed E-state index contributed by atoms with van der Waals surface area (Å²) in [5.74, 6) is -0.745. The molecule has 0 spiro atoms. The van der Waals surface area contributed by atoms with E-state index in [1.807, 2.05) is 30.3 Å². The summed E-state index contributed by atoms with van der Waals surface area (Å²) in [5, 5.41) is 18.5. The minimum atomic E-state index is -0.745. The van der Waals surface area contributed by atoms with Crippen molar-refractivity contribution >= 4 is 5.97 Å². The zero-order valence-corrected chi connectivity index (χ0v) is 12.8. The average molecular weight is 279 g/mol. The summed E-state index contributed by atoms with van der Waals surface area (Å²) in [4.78, 5) is 11.6. The molecule has 4 nitrogen and oxygen atoms in total. The number of aliphatic hydroxyl groups is 1. The standard InChI is InChI=1S/C13H19NO.C3H6O2/c1-12(2)13(15,9-10-14(12)3)11-7-5-4-6-8-11;1-2-3(4)5/h4-8,15H,9-10H2,1-3H3;2H2,1H3,(H,4,5). The van der Waals surface area contributed by atoms with Crippen LogP contribution in [0, 0.1) is 0 Å². The molecule has 1 saturated heterocycles. The number of hydrogen-bond acceptors (Lipinski definition) is 3. The van der Waals surface area contributed by atoms with E-state index in [1.165, 1.54) is 0 Å². The Morgan fingerprint density at radius 3 is 2.15 bits per heavy atom. The van der Waals surface area contributed by atoms with Crippen molar-refractivity contribution < 1.29 is 15.0 Å². The van der Waals surface area contributed by atoms with E-state index in [9.17, 15) is 9.90 Å². The van der Waals surface area contributed by atoms with Crippen LogP contribution in [0.5, 0.6) is 0 Å². The summed E-state index contributed by atoms with van der Waals surface area (Å²) in [6.45, 7) is 6.75. The third kappa shape index (κ3) is 3.19. The van der Waals surface area contributed by atoms with Gasteiger partial charge in [-0.3, -0.25) is 9.69 Å². The van der Waals surface area contributed by atoms with Crippen LogP contribution in [0.3, 0.4) is 0 Å². The number of nitrogens with zero attached hydrogens (tertiary/aromatic N) is 1. The number of benzene rings is 1. The highest BCUT2D eigenvalue weighted by Gasteiger charge is 2.51. The first-order valence-electron chi connectivity index (χ1n) is 6.96. The number of hydrogen-bond donors (Lipinski definition) is 2. The van der Waals surface area contributed by atoms with Crippen LogP contribution in [0.15, 0.2) is 30.3 Å². The molecule has 2 rings (SSSR count). The highest BCUT2D eigenvalue weighted by Crippen LogP contribution is 2.44. The lowest BCUT2D eigenvalue weighted by Gasteiger charge is -2.40. The van der Waals surface area contributed by atoms with E-state index in [4.69, 9.17) is 5.11 Å². The molecule has 1 fully saturated rings. The molecule has 1 atom stereocenters. The molecule has 20 heavy (non-hydrogen) atoms. The van der Waals surface area contributed by atoms with Crippen LogP contribution in [0.2, 0.25) is 0 Å². The fourth-order valence-corrected chi connectivity index (χ4v) is 2.44. The van der Waals surface area contributed by atoms with Crippen molar-refractivity contribution in [3.8, 4) is 0 Å². The number of likely N-dealkylation sites (N-methyl/N-ethyl adjacent to an activating group) is 1. The quantitative estimate of drug-likeness (QED) is 0.873. The Morgan fingerprint density at radius 1 is 1.30 bits per heavy atom. The summed E-state index contributed by atoms with van der Waals surface area (Å²) >= 11 is 0. The zero-order valence-electron chi connectivity index (χ0n) is 12.8. The Hall–Kier alpha value is -1.39. The minimum absolute atomic E-state index is 0.200. The molecular formula is C16H25NO3. The third-order valence-electron chi connectivity index (χ3n) is 4.33. The smallest absolute Gasteiger partial charge is 0.303 e. The molecule has 112 valence electrons. The molecule has 0 radical (unpaired) electrons. The van der Waals surface area contributed by atoms with Crippen LogP contribution in [0.4, 0.5) is 0 Å². The number of aliphatic carboxylic acids is 1. The molecule has 1 unspecified atom stereocenters. The molecule has 0 bridgehead atoms. The number of carboxylic acids is 1. The van der Waals surface area contributed by atoms with E-state index in [1.54, 1.807) is 6.92 Å². The van der Waals surface area contributed by atoms with E-state index >= 15 is 0 Å². The van der Waals surface area contributed by atoms with Crippen LogP contribution in [0.1, 0.15) is 39.2 Å². The molecule has 0 saturated carbocycles. The zero-order chi connectivity index (χ0) is 15.4. The van der Waals surface area contributed by atoms with Crippen LogP contribution in [-0.2, 0) is 10.4 Å². The first kappa shape index (κ1) is 16.7. The number of carboxylic acid groups (broad SMARTS) is 1. The van der Waals surface area contributed by atoms with Crippen molar-refractivity contribution in [2.75, 3.05) is 13.6 Å². The van der Waals surface area contributed by atoms with Gasteiger partial charge in [0.05, 0.1) is 0 Å². The lowest BCUT2D eigenvalue weighted by molar-refractivity contribution is -0.136.